The summed E-state index contributed by atoms with van der Waals surface area (Å²) in [5.41, 5.74) is 3.05. The number of anilines is 4. The fourth-order valence-electron chi connectivity index (χ4n) is 3.34. The molecule has 30 heavy (non-hydrogen) atoms. The second kappa shape index (κ2) is 9.56. The van der Waals surface area contributed by atoms with Gasteiger partial charge >= 0.3 is 0 Å². The summed E-state index contributed by atoms with van der Waals surface area (Å²) in [6.07, 6.45) is 0. The Bertz CT molecular complexity index is 889. The van der Waals surface area contributed by atoms with Gasteiger partial charge in [-0.1, -0.05) is 13.8 Å². The number of rotatable bonds is 7. The highest BCUT2D eigenvalue weighted by atomic mass is 16.2. The lowest BCUT2D eigenvalue weighted by Gasteiger charge is -2.35. The first-order valence-corrected chi connectivity index (χ1v) is 10.3. The van der Waals surface area contributed by atoms with Crippen LogP contribution in [0.25, 0.3) is 0 Å². The van der Waals surface area contributed by atoms with Gasteiger partial charge in [-0.2, -0.15) is 0 Å². The van der Waals surface area contributed by atoms with Crippen LogP contribution < -0.4 is 15.5 Å². The Kier molecular flexibility index (Phi) is 6.87. The first-order chi connectivity index (χ1) is 14.3. The van der Waals surface area contributed by atoms with E-state index in [9.17, 15) is 9.59 Å². The van der Waals surface area contributed by atoms with Crippen molar-refractivity contribution >= 4 is 34.6 Å². The fourth-order valence-corrected chi connectivity index (χ4v) is 3.34. The zero-order chi connectivity index (χ0) is 21.7. The van der Waals surface area contributed by atoms with Gasteiger partial charge in [-0.25, -0.2) is 0 Å². The van der Waals surface area contributed by atoms with Crippen molar-refractivity contribution < 1.29 is 9.59 Å². The maximum atomic E-state index is 11.8. The number of carbonyl (C=O) groups is 2. The highest BCUT2D eigenvalue weighted by Gasteiger charge is 2.18. The SMILES string of the molecule is CC(=O)c1nnc(Nc2ccc(N3CCN(C(C)=O)CC3)cc2)cc1NCC(C)C. The van der Waals surface area contributed by atoms with Crippen LogP contribution in [0.3, 0.4) is 0 Å². The topological polar surface area (TPSA) is 90.5 Å². The van der Waals surface area contributed by atoms with Crippen LogP contribution >= 0.6 is 0 Å². The molecule has 0 spiro atoms. The number of piperazine rings is 1. The van der Waals surface area contributed by atoms with E-state index in [0.29, 0.717) is 23.1 Å². The monoisotopic (exact) mass is 410 g/mol. The molecule has 1 aromatic heterocycles. The van der Waals surface area contributed by atoms with Crippen LogP contribution in [-0.2, 0) is 4.79 Å². The van der Waals surface area contributed by atoms with E-state index < -0.39 is 0 Å². The maximum Gasteiger partial charge on any atom is 0.219 e. The zero-order valence-electron chi connectivity index (χ0n) is 18.1. The van der Waals surface area contributed by atoms with Crippen molar-refractivity contribution in [3.05, 3.63) is 36.0 Å². The van der Waals surface area contributed by atoms with Gasteiger partial charge in [0.15, 0.2) is 17.3 Å². The molecule has 2 aromatic rings. The van der Waals surface area contributed by atoms with Gasteiger partial charge in [-0.15, -0.1) is 10.2 Å². The van der Waals surface area contributed by atoms with Gasteiger partial charge in [0.05, 0.1) is 5.69 Å². The molecule has 1 aromatic carbocycles. The van der Waals surface area contributed by atoms with Crippen molar-refractivity contribution in [2.45, 2.75) is 27.7 Å². The van der Waals surface area contributed by atoms with Gasteiger partial charge in [0.25, 0.3) is 0 Å². The molecule has 0 saturated carbocycles. The Morgan fingerprint density at radius 1 is 1.03 bits per heavy atom. The van der Waals surface area contributed by atoms with Crippen LogP contribution in [0, 0.1) is 5.92 Å². The molecule has 0 atom stereocenters. The van der Waals surface area contributed by atoms with Crippen LogP contribution in [0.4, 0.5) is 22.9 Å². The normalized spacial score (nSPS) is 14.0. The van der Waals surface area contributed by atoms with Crippen LogP contribution in [0.2, 0.25) is 0 Å². The smallest absolute Gasteiger partial charge is 0.219 e. The molecule has 8 heteroatoms. The highest BCUT2D eigenvalue weighted by Crippen LogP contribution is 2.24. The van der Waals surface area contributed by atoms with Gasteiger partial charge in [-0.05, 0) is 30.2 Å². The van der Waals surface area contributed by atoms with E-state index >= 15 is 0 Å². The fraction of sp³-hybridized carbons (Fsp3) is 0.455. The molecule has 1 aliphatic heterocycles. The molecule has 160 valence electrons. The summed E-state index contributed by atoms with van der Waals surface area (Å²) in [5, 5.41) is 14.8. The third kappa shape index (κ3) is 5.46. The minimum absolute atomic E-state index is 0.116. The van der Waals surface area contributed by atoms with Crippen molar-refractivity contribution in [1.29, 1.82) is 0 Å². The Labute approximate surface area is 177 Å². The lowest BCUT2D eigenvalue weighted by atomic mass is 10.2. The van der Waals surface area contributed by atoms with Gasteiger partial charge in [0.1, 0.15) is 0 Å². The second-order valence-electron chi connectivity index (χ2n) is 7.99. The van der Waals surface area contributed by atoms with E-state index in [-0.39, 0.29) is 11.7 Å². The molecule has 0 bridgehead atoms. The molecule has 1 amide bonds. The molecule has 3 rings (SSSR count). The van der Waals surface area contributed by atoms with E-state index in [4.69, 9.17) is 0 Å². The highest BCUT2D eigenvalue weighted by molar-refractivity contribution is 5.97. The molecule has 1 aliphatic rings. The van der Waals surface area contributed by atoms with E-state index in [1.54, 1.807) is 6.92 Å². The predicted octanol–water partition coefficient (Wildman–Crippen LogP) is 3.16. The van der Waals surface area contributed by atoms with E-state index in [1.165, 1.54) is 6.92 Å². The van der Waals surface area contributed by atoms with E-state index in [0.717, 1.165) is 44.1 Å². The number of hydrogen-bond acceptors (Lipinski definition) is 7. The maximum absolute atomic E-state index is 11.8. The minimum Gasteiger partial charge on any atom is -0.383 e. The Balaban J connectivity index is 1.67. The summed E-state index contributed by atoms with van der Waals surface area (Å²) in [6, 6.07) is 9.92. The Morgan fingerprint density at radius 2 is 1.70 bits per heavy atom. The van der Waals surface area contributed by atoms with Crippen molar-refractivity contribution in [3.8, 4) is 0 Å². The number of Topliss-reactive ketones (excluding diaryl/α,β-unsaturated/α-hetero) is 1. The summed E-state index contributed by atoms with van der Waals surface area (Å²) in [4.78, 5) is 27.5. The number of carbonyl (C=O) groups excluding carboxylic acids is 2. The van der Waals surface area contributed by atoms with Crippen molar-refractivity contribution in [1.82, 2.24) is 15.1 Å². The lowest BCUT2D eigenvalue weighted by molar-refractivity contribution is -0.129. The van der Waals surface area contributed by atoms with Gasteiger partial charge in [0, 0.05) is 64.0 Å². The van der Waals surface area contributed by atoms with Crippen LogP contribution in [-0.4, -0.2) is 59.5 Å². The van der Waals surface area contributed by atoms with Crippen LogP contribution in [0.1, 0.15) is 38.2 Å². The van der Waals surface area contributed by atoms with Gasteiger partial charge < -0.3 is 20.4 Å². The number of hydrogen-bond donors (Lipinski definition) is 2. The second-order valence-corrected chi connectivity index (χ2v) is 7.99. The van der Waals surface area contributed by atoms with E-state index in [1.807, 2.05) is 23.1 Å². The average Bonchev–Trinajstić information content (AvgIpc) is 2.73. The molecular formula is C22H30N6O2. The molecule has 0 unspecified atom stereocenters. The molecule has 2 heterocycles. The van der Waals surface area contributed by atoms with Gasteiger partial charge in [-0.3, -0.25) is 9.59 Å². The number of aromatic nitrogens is 2. The first kappa shape index (κ1) is 21.5. The quantitative estimate of drug-likeness (QED) is 0.678. The molecular weight excluding hydrogens is 380 g/mol. The standard InChI is InChI=1S/C22H30N6O2/c1-15(2)14-23-20-13-21(25-26-22(20)16(3)29)24-18-5-7-19(8-6-18)28-11-9-27(10-12-28)17(4)30/h5-8,13,15H,9-12,14H2,1-4H3,(H2,23,24,25). The summed E-state index contributed by atoms with van der Waals surface area (Å²) in [6.45, 7) is 11.2. The predicted molar refractivity (Wildman–Crippen MR) is 120 cm³/mol. The molecule has 0 radical (unpaired) electrons. The Hall–Kier alpha value is -3.16. The molecule has 1 fully saturated rings. The largest absolute Gasteiger partial charge is 0.383 e. The van der Waals surface area contributed by atoms with Crippen molar-refractivity contribution in [2.24, 2.45) is 5.92 Å². The number of nitrogens with one attached hydrogen (secondary N) is 2. The van der Waals surface area contributed by atoms with Crippen molar-refractivity contribution in [3.63, 3.8) is 0 Å². The number of ketones is 1. The molecule has 2 N–H and O–H groups in total. The minimum atomic E-state index is -0.116. The molecule has 8 nitrogen and oxygen atoms in total. The summed E-state index contributed by atoms with van der Waals surface area (Å²) in [5.74, 6) is 1.04. The van der Waals surface area contributed by atoms with Crippen LogP contribution in [0.5, 0.6) is 0 Å². The number of benzene rings is 1. The molecule has 0 aliphatic carbocycles. The number of nitrogens with zero attached hydrogens (tertiary/aromatic N) is 4. The Morgan fingerprint density at radius 3 is 2.27 bits per heavy atom. The lowest BCUT2D eigenvalue weighted by Crippen LogP contribution is -2.48. The summed E-state index contributed by atoms with van der Waals surface area (Å²) < 4.78 is 0. The van der Waals surface area contributed by atoms with Gasteiger partial charge in [0.2, 0.25) is 5.91 Å². The molecule has 1 saturated heterocycles. The summed E-state index contributed by atoms with van der Waals surface area (Å²) in [7, 11) is 0. The van der Waals surface area contributed by atoms with Crippen molar-refractivity contribution in [2.75, 3.05) is 48.3 Å². The van der Waals surface area contributed by atoms with Crippen LogP contribution in [0.15, 0.2) is 30.3 Å². The number of amides is 1. The third-order valence-electron chi connectivity index (χ3n) is 5.06. The zero-order valence-corrected chi connectivity index (χ0v) is 18.1. The summed E-state index contributed by atoms with van der Waals surface area (Å²) >= 11 is 0. The average molecular weight is 411 g/mol. The first-order valence-electron chi connectivity index (χ1n) is 10.3. The van der Waals surface area contributed by atoms with E-state index in [2.05, 4.69) is 51.7 Å². The third-order valence-corrected chi connectivity index (χ3v) is 5.06.